The van der Waals surface area contributed by atoms with Gasteiger partial charge < -0.3 is 4.90 Å². The maximum absolute atomic E-state index is 5.23. The Labute approximate surface area is 331 Å². The van der Waals surface area contributed by atoms with Gasteiger partial charge in [0.2, 0.25) is 0 Å². The van der Waals surface area contributed by atoms with Crippen LogP contribution in [0.15, 0.2) is 212 Å². The normalized spacial score (nSPS) is 11.2. The van der Waals surface area contributed by atoms with Crippen molar-refractivity contribution in [2.45, 2.75) is 0 Å². The van der Waals surface area contributed by atoms with Gasteiger partial charge in [-0.15, -0.1) is 0 Å². The summed E-state index contributed by atoms with van der Waals surface area (Å²) in [6.45, 7) is 0. The maximum atomic E-state index is 5.23. The van der Waals surface area contributed by atoms with E-state index in [4.69, 9.17) is 19.9 Å². The number of anilines is 3. The van der Waals surface area contributed by atoms with Crippen molar-refractivity contribution in [1.82, 2.24) is 19.9 Å². The summed E-state index contributed by atoms with van der Waals surface area (Å²) in [5.41, 5.74) is 16.1. The first-order valence-corrected chi connectivity index (χ1v) is 19.1. The fourth-order valence-electron chi connectivity index (χ4n) is 7.46. The van der Waals surface area contributed by atoms with Crippen LogP contribution in [0.5, 0.6) is 0 Å². The SMILES string of the molecule is c1ccc(-c2ccc(N(c3cccc(-c4nc5ccccc5nc4-c4ccccc4)c3)c3cccc(-c4nc5ccccc5nc4-c4ccccc4)c3)cc2)cc1. The minimum absolute atomic E-state index is 0.828. The molecule has 0 saturated carbocycles. The van der Waals surface area contributed by atoms with Gasteiger partial charge in [0, 0.05) is 39.3 Å². The molecule has 2 aromatic heterocycles. The first kappa shape index (κ1) is 33.8. The van der Waals surface area contributed by atoms with E-state index in [1.54, 1.807) is 0 Å². The second-order valence-corrected chi connectivity index (χ2v) is 13.9. The molecule has 8 aromatic carbocycles. The lowest BCUT2D eigenvalue weighted by atomic mass is 10.0. The molecular formula is C52H35N5. The zero-order valence-corrected chi connectivity index (χ0v) is 30.9. The van der Waals surface area contributed by atoms with Crippen LogP contribution in [0.1, 0.15) is 0 Å². The number of hydrogen-bond acceptors (Lipinski definition) is 5. The Morgan fingerprint density at radius 2 is 0.544 bits per heavy atom. The highest BCUT2D eigenvalue weighted by atomic mass is 15.1. The van der Waals surface area contributed by atoms with Crippen LogP contribution in [0.4, 0.5) is 17.1 Å². The Hall–Kier alpha value is -7.76. The smallest absolute Gasteiger partial charge is 0.0973 e. The van der Waals surface area contributed by atoms with Crippen LogP contribution in [0.25, 0.3) is 78.2 Å². The van der Waals surface area contributed by atoms with E-state index in [1.807, 2.05) is 91.0 Å². The van der Waals surface area contributed by atoms with Crippen LogP contribution < -0.4 is 4.90 Å². The molecule has 10 rings (SSSR count). The first-order valence-electron chi connectivity index (χ1n) is 19.1. The molecule has 0 N–H and O–H groups in total. The van der Waals surface area contributed by atoms with Gasteiger partial charge in [0.05, 0.1) is 44.8 Å². The summed E-state index contributed by atoms with van der Waals surface area (Å²) < 4.78 is 0. The molecule has 0 bridgehead atoms. The van der Waals surface area contributed by atoms with Crippen molar-refractivity contribution in [2.24, 2.45) is 0 Å². The van der Waals surface area contributed by atoms with Gasteiger partial charge >= 0.3 is 0 Å². The zero-order chi connectivity index (χ0) is 38.0. The largest absolute Gasteiger partial charge is 0.310 e. The van der Waals surface area contributed by atoms with Gasteiger partial charge in [0.25, 0.3) is 0 Å². The maximum Gasteiger partial charge on any atom is 0.0973 e. The number of hydrogen-bond donors (Lipinski definition) is 0. The zero-order valence-electron chi connectivity index (χ0n) is 30.9. The summed E-state index contributed by atoms with van der Waals surface area (Å²) in [7, 11) is 0. The van der Waals surface area contributed by atoms with Crippen LogP contribution in [0.2, 0.25) is 0 Å². The third-order valence-corrected chi connectivity index (χ3v) is 10.2. The summed E-state index contributed by atoms with van der Waals surface area (Å²) in [4.78, 5) is 23.1. The lowest BCUT2D eigenvalue weighted by molar-refractivity contribution is 1.26. The minimum Gasteiger partial charge on any atom is -0.310 e. The number of rotatable bonds is 8. The van der Waals surface area contributed by atoms with Crippen molar-refractivity contribution in [2.75, 3.05) is 4.90 Å². The van der Waals surface area contributed by atoms with Crippen LogP contribution >= 0.6 is 0 Å². The third-order valence-electron chi connectivity index (χ3n) is 10.2. The summed E-state index contributed by atoms with van der Waals surface area (Å²) in [6.07, 6.45) is 0. The molecular weight excluding hydrogens is 695 g/mol. The van der Waals surface area contributed by atoms with Gasteiger partial charge in [0.15, 0.2) is 0 Å². The molecule has 5 nitrogen and oxygen atoms in total. The van der Waals surface area contributed by atoms with E-state index in [9.17, 15) is 0 Å². The minimum atomic E-state index is 0.828. The van der Waals surface area contributed by atoms with E-state index in [1.165, 1.54) is 5.56 Å². The van der Waals surface area contributed by atoms with Crippen molar-refractivity contribution in [1.29, 1.82) is 0 Å². The van der Waals surface area contributed by atoms with Gasteiger partial charge in [-0.05, 0) is 71.8 Å². The Morgan fingerprint density at radius 1 is 0.228 bits per heavy atom. The van der Waals surface area contributed by atoms with Crippen LogP contribution in [-0.2, 0) is 0 Å². The number of nitrogens with zero attached hydrogens (tertiary/aromatic N) is 5. The monoisotopic (exact) mass is 729 g/mol. The molecule has 0 radical (unpaired) electrons. The molecule has 0 spiro atoms. The van der Waals surface area contributed by atoms with E-state index < -0.39 is 0 Å². The highest BCUT2D eigenvalue weighted by Gasteiger charge is 2.20. The third kappa shape index (κ3) is 6.68. The predicted octanol–water partition coefficient (Wildman–Crippen LogP) is 13.4. The summed E-state index contributed by atoms with van der Waals surface area (Å²) in [5, 5.41) is 0. The average Bonchev–Trinajstić information content (AvgIpc) is 3.29. The van der Waals surface area contributed by atoms with Crippen molar-refractivity contribution in [3.8, 4) is 56.2 Å². The van der Waals surface area contributed by atoms with Gasteiger partial charge in [-0.25, -0.2) is 19.9 Å². The molecule has 0 amide bonds. The standard InChI is InChI=1S/C52H35N5/c1-4-16-36(17-5-1)37-30-32-42(33-31-37)57(43-24-14-22-40(34-43)51-49(38-18-6-2-7-19-38)53-45-26-10-12-28-47(45)55-51)44-25-15-23-41(35-44)52-50(39-20-8-3-9-21-39)54-46-27-11-13-29-48(46)56-52/h1-35H. The first-order chi connectivity index (χ1) is 28.2. The van der Waals surface area contributed by atoms with Gasteiger partial charge in [-0.1, -0.05) is 152 Å². The molecule has 0 saturated heterocycles. The topological polar surface area (TPSA) is 54.8 Å². The number of para-hydroxylation sites is 4. The average molecular weight is 730 g/mol. The molecule has 268 valence electrons. The Morgan fingerprint density at radius 3 is 0.947 bits per heavy atom. The fourth-order valence-corrected chi connectivity index (χ4v) is 7.46. The summed E-state index contributed by atoms with van der Waals surface area (Å²) in [6, 6.07) is 73.2. The second-order valence-electron chi connectivity index (χ2n) is 13.9. The van der Waals surface area contributed by atoms with Crippen molar-refractivity contribution in [3.05, 3.63) is 212 Å². The number of benzene rings is 8. The quantitative estimate of drug-likeness (QED) is 0.156. The molecule has 5 heteroatoms. The molecule has 0 aliphatic carbocycles. The molecule has 10 aromatic rings. The molecule has 57 heavy (non-hydrogen) atoms. The Bertz CT molecular complexity index is 2840. The van der Waals surface area contributed by atoms with Gasteiger partial charge in [0.1, 0.15) is 0 Å². The molecule has 0 atom stereocenters. The molecule has 0 aliphatic heterocycles. The lowest BCUT2D eigenvalue weighted by Gasteiger charge is -2.27. The van der Waals surface area contributed by atoms with Crippen molar-refractivity contribution in [3.63, 3.8) is 0 Å². The molecule has 2 heterocycles. The van der Waals surface area contributed by atoms with Gasteiger partial charge in [-0.3, -0.25) is 0 Å². The van der Waals surface area contributed by atoms with Crippen LogP contribution in [0.3, 0.4) is 0 Å². The van der Waals surface area contributed by atoms with Crippen LogP contribution in [0, 0.1) is 0 Å². The summed E-state index contributed by atoms with van der Waals surface area (Å²) in [5.74, 6) is 0. The Kier molecular flexibility index (Phi) is 8.78. The second kappa shape index (κ2) is 14.8. The molecule has 0 fully saturated rings. The van der Waals surface area contributed by atoms with E-state index in [0.29, 0.717) is 0 Å². The van der Waals surface area contributed by atoms with Gasteiger partial charge in [-0.2, -0.15) is 0 Å². The Balaban J connectivity index is 1.15. The van der Waals surface area contributed by atoms with E-state index in [2.05, 4.69) is 126 Å². The van der Waals surface area contributed by atoms with Crippen molar-refractivity contribution < 1.29 is 0 Å². The fraction of sp³-hybridized carbons (Fsp3) is 0. The predicted molar refractivity (Wildman–Crippen MR) is 234 cm³/mol. The van der Waals surface area contributed by atoms with E-state index >= 15 is 0 Å². The molecule has 0 unspecified atom stereocenters. The number of aromatic nitrogens is 4. The van der Waals surface area contributed by atoms with E-state index in [0.717, 1.165) is 89.7 Å². The number of fused-ring (bicyclic) bond motifs is 2. The van der Waals surface area contributed by atoms with Crippen molar-refractivity contribution >= 4 is 39.1 Å². The van der Waals surface area contributed by atoms with E-state index in [-0.39, 0.29) is 0 Å². The highest BCUT2D eigenvalue weighted by Crippen LogP contribution is 2.41. The lowest BCUT2D eigenvalue weighted by Crippen LogP contribution is -2.10. The molecule has 0 aliphatic rings. The highest BCUT2D eigenvalue weighted by molar-refractivity contribution is 5.91. The van der Waals surface area contributed by atoms with Crippen LogP contribution in [-0.4, -0.2) is 19.9 Å². The summed E-state index contributed by atoms with van der Waals surface area (Å²) >= 11 is 0.